The molecule has 0 atom stereocenters. The number of rotatable bonds is 4. The van der Waals surface area contributed by atoms with Gasteiger partial charge in [0.05, 0.1) is 6.61 Å². The Hall–Kier alpha value is -2.38. The number of piperidine rings is 2. The Balaban J connectivity index is 1.89. The molecule has 0 aliphatic carbocycles. The molecule has 2 aliphatic heterocycles. The van der Waals surface area contributed by atoms with E-state index in [1.165, 1.54) is 12.8 Å². The Morgan fingerprint density at radius 1 is 0.885 bits per heavy atom. The van der Waals surface area contributed by atoms with E-state index in [0.717, 1.165) is 57.7 Å². The summed E-state index contributed by atoms with van der Waals surface area (Å²) in [6.45, 7) is 6.09. The first-order valence-electron chi connectivity index (χ1n) is 9.71. The van der Waals surface area contributed by atoms with Gasteiger partial charge >= 0.3 is 11.7 Å². The zero-order chi connectivity index (χ0) is 17.9. The van der Waals surface area contributed by atoms with E-state index in [0.29, 0.717) is 29.5 Å². The lowest BCUT2D eigenvalue weighted by atomic mass is 10.1. The molecule has 4 heterocycles. The van der Waals surface area contributed by atoms with Crippen molar-refractivity contribution in [2.75, 3.05) is 42.6 Å². The third-order valence-electron chi connectivity index (χ3n) is 5.11. The van der Waals surface area contributed by atoms with Crippen molar-refractivity contribution in [3.8, 4) is 6.01 Å². The van der Waals surface area contributed by atoms with Gasteiger partial charge in [-0.1, -0.05) is 0 Å². The number of anilines is 2. The van der Waals surface area contributed by atoms with Crippen LogP contribution in [0.25, 0.3) is 11.0 Å². The number of aromatic amines is 1. The molecular weight excluding hydrogens is 332 g/mol. The van der Waals surface area contributed by atoms with E-state index in [9.17, 15) is 4.79 Å². The van der Waals surface area contributed by atoms with Gasteiger partial charge in [-0.05, 0) is 45.4 Å². The summed E-state index contributed by atoms with van der Waals surface area (Å²) in [6.07, 6.45) is 6.93. The molecule has 4 rings (SSSR count). The van der Waals surface area contributed by atoms with Crippen LogP contribution in [-0.4, -0.2) is 52.7 Å². The Labute approximate surface area is 152 Å². The van der Waals surface area contributed by atoms with Gasteiger partial charge in [-0.15, -0.1) is 0 Å². The monoisotopic (exact) mass is 358 g/mol. The summed E-state index contributed by atoms with van der Waals surface area (Å²) < 4.78 is 5.63. The van der Waals surface area contributed by atoms with Crippen LogP contribution in [0.4, 0.5) is 11.6 Å². The fourth-order valence-corrected chi connectivity index (χ4v) is 3.84. The zero-order valence-corrected chi connectivity index (χ0v) is 15.3. The van der Waals surface area contributed by atoms with Crippen LogP contribution < -0.4 is 20.2 Å². The third kappa shape index (κ3) is 3.32. The van der Waals surface area contributed by atoms with Gasteiger partial charge in [0.25, 0.3) is 0 Å². The molecule has 8 heteroatoms. The molecule has 0 spiro atoms. The molecule has 8 nitrogen and oxygen atoms in total. The molecule has 0 radical (unpaired) electrons. The summed E-state index contributed by atoms with van der Waals surface area (Å²) in [4.78, 5) is 33.1. The number of fused-ring (bicyclic) bond motifs is 1. The van der Waals surface area contributed by atoms with E-state index in [2.05, 4.69) is 29.7 Å². The molecule has 140 valence electrons. The van der Waals surface area contributed by atoms with Crippen molar-refractivity contribution in [3.05, 3.63) is 10.5 Å². The highest BCUT2D eigenvalue weighted by atomic mass is 16.5. The average molecular weight is 358 g/mol. The van der Waals surface area contributed by atoms with Gasteiger partial charge in [0, 0.05) is 26.2 Å². The molecule has 2 aromatic rings. The SMILES string of the molecule is CCOc1nc(N2CCCCC2)c2[nH]c(=O)nc(N3CCCCC3)c2n1. The topological polar surface area (TPSA) is 87.2 Å². The standard InChI is InChI=1S/C18H26N6O2/c1-2-26-18-20-14-13(16(22-18)24-11-7-4-8-12-24)19-17(25)21-15(14)23-9-5-3-6-10-23/h2-12H2,1H3,(H,19,21,25). The van der Waals surface area contributed by atoms with Crippen molar-refractivity contribution in [2.24, 2.45) is 0 Å². The van der Waals surface area contributed by atoms with E-state index < -0.39 is 0 Å². The summed E-state index contributed by atoms with van der Waals surface area (Å²) >= 11 is 0. The van der Waals surface area contributed by atoms with Crippen LogP contribution in [0.2, 0.25) is 0 Å². The quantitative estimate of drug-likeness (QED) is 0.895. The Bertz CT molecular complexity index is 824. The first-order valence-corrected chi connectivity index (χ1v) is 9.71. The Morgan fingerprint density at radius 2 is 1.50 bits per heavy atom. The second-order valence-electron chi connectivity index (χ2n) is 6.95. The summed E-state index contributed by atoms with van der Waals surface area (Å²) in [7, 11) is 0. The maximum atomic E-state index is 12.3. The van der Waals surface area contributed by atoms with Crippen LogP contribution in [0.1, 0.15) is 45.4 Å². The van der Waals surface area contributed by atoms with Crippen molar-refractivity contribution >= 4 is 22.7 Å². The number of aromatic nitrogens is 4. The van der Waals surface area contributed by atoms with Gasteiger partial charge in [0.1, 0.15) is 11.0 Å². The number of hydrogen-bond donors (Lipinski definition) is 1. The molecular formula is C18H26N6O2. The van der Waals surface area contributed by atoms with Crippen molar-refractivity contribution < 1.29 is 4.74 Å². The molecule has 2 aromatic heterocycles. The fraction of sp³-hybridized carbons (Fsp3) is 0.667. The van der Waals surface area contributed by atoms with Gasteiger partial charge in [-0.2, -0.15) is 15.0 Å². The van der Waals surface area contributed by atoms with Crippen LogP contribution in [0, 0.1) is 0 Å². The zero-order valence-electron chi connectivity index (χ0n) is 15.3. The summed E-state index contributed by atoms with van der Waals surface area (Å²) in [5, 5.41) is 0. The lowest BCUT2D eigenvalue weighted by Gasteiger charge is -2.30. The Morgan fingerprint density at radius 3 is 2.12 bits per heavy atom. The average Bonchev–Trinajstić information content (AvgIpc) is 2.69. The maximum absolute atomic E-state index is 12.3. The highest BCUT2D eigenvalue weighted by Crippen LogP contribution is 2.31. The molecule has 0 unspecified atom stereocenters. The minimum Gasteiger partial charge on any atom is -0.464 e. The molecule has 0 bridgehead atoms. The first kappa shape index (κ1) is 17.1. The normalized spacial score (nSPS) is 18.3. The van der Waals surface area contributed by atoms with Gasteiger partial charge in [0.2, 0.25) is 0 Å². The molecule has 2 saturated heterocycles. The summed E-state index contributed by atoms with van der Waals surface area (Å²) in [5.74, 6) is 1.42. The Kier molecular flexibility index (Phi) is 4.90. The third-order valence-corrected chi connectivity index (χ3v) is 5.11. The first-order chi connectivity index (χ1) is 12.8. The van der Waals surface area contributed by atoms with Gasteiger partial charge < -0.3 is 19.5 Å². The number of hydrogen-bond acceptors (Lipinski definition) is 7. The van der Waals surface area contributed by atoms with Gasteiger partial charge in [-0.25, -0.2) is 4.79 Å². The van der Waals surface area contributed by atoms with Gasteiger partial charge in [0.15, 0.2) is 11.6 Å². The van der Waals surface area contributed by atoms with Crippen LogP contribution >= 0.6 is 0 Å². The van der Waals surface area contributed by atoms with Crippen molar-refractivity contribution in [3.63, 3.8) is 0 Å². The smallest absolute Gasteiger partial charge is 0.347 e. The highest BCUT2D eigenvalue weighted by Gasteiger charge is 2.23. The summed E-state index contributed by atoms with van der Waals surface area (Å²) in [5.41, 5.74) is 1.02. The molecule has 2 fully saturated rings. The number of nitrogens with one attached hydrogen (secondary N) is 1. The van der Waals surface area contributed by atoms with Crippen molar-refractivity contribution in [1.82, 2.24) is 19.9 Å². The molecule has 26 heavy (non-hydrogen) atoms. The van der Waals surface area contributed by atoms with E-state index >= 15 is 0 Å². The van der Waals surface area contributed by atoms with Crippen molar-refractivity contribution in [2.45, 2.75) is 45.4 Å². The second kappa shape index (κ2) is 7.47. The van der Waals surface area contributed by atoms with Gasteiger partial charge in [-0.3, -0.25) is 0 Å². The maximum Gasteiger partial charge on any atom is 0.347 e. The second-order valence-corrected chi connectivity index (χ2v) is 6.95. The lowest BCUT2D eigenvalue weighted by molar-refractivity contribution is 0.314. The molecule has 1 N–H and O–H groups in total. The minimum atomic E-state index is -0.343. The summed E-state index contributed by atoms with van der Waals surface area (Å²) in [6, 6.07) is 0.354. The fourth-order valence-electron chi connectivity index (χ4n) is 3.84. The molecule has 2 aliphatic rings. The number of nitrogens with zero attached hydrogens (tertiary/aromatic N) is 5. The largest absolute Gasteiger partial charge is 0.464 e. The molecule has 0 saturated carbocycles. The van der Waals surface area contributed by atoms with Crippen LogP contribution in [0.15, 0.2) is 4.79 Å². The van der Waals surface area contributed by atoms with Crippen LogP contribution in [0.3, 0.4) is 0 Å². The van der Waals surface area contributed by atoms with E-state index in [-0.39, 0.29) is 5.69 Å². The van der Waals surface area contributed by atoms with E-state index in [1.54, 1.807) is 0 Å². The minimum absolute atomic E-state index is 0.343. The van der Waals surface area contributed by atoms with E-state index in [1.807, 2.05) is 6.92 Å². The highest BCUT2D eigenvalue weighted by molar-refractivity contribution is 5.93. The predicted octanol–water partition coefficient (Wildman–Crippen LogP) is 2.09. The number of H-pyrrole nitrogens is 1. The predicted molar refractivity (Wildman–Crippen MR) is 101 cm³/mol. The molecule has 0 amide bonds. The van der Waals surface area contributed by atoms with Crippen molar-refractivity contribution in [1.29, 1.82) is 0 Å². The lowest BCUT2D eigenvalue weighted by Crippen LogP contribution is -2.34. The van der Waals surface area contributed by atoms with E-state index in [4.69, 9.17) is 4.74 Å². The number of ether oxygens (including phenoxy) is 1. The van der Waals surface area contributed by atoms with Crippen LogP contribution in [-0.2, 0) is 0 Å². The molecule has 0 aromatic carbocycles. The van der Waals surface area contributed by atoms with Crippen LogP contribution in [0.5, 0.6) is 6.01 Å².